The van der Waals surface area contributed by atoms with Crippen LogP contribution in [0.25, 0.3) is 0 Å². The number of carbonyl (C=O) groups excluding carboxylic acids is 1. The van der Waals surface area contributed by atoms with Crippen LogP contribution in [0.15, 0.2) is 24.3 Å². The van der Waals surface area contributed by atoms with Gasteiger partial charge in [-0.25, -0.2) is 0 Å². The van der Waals surface area contributed by atoms with Gasteiger partial charge in [0.15, 0.2) is 0 Å². The van der Waals surface area contributed by atoms with Crippen molar-refractivity contribution in [1.82, 2.24) is 5.32 Å². The molecule has 0 bridgehead atoms. The zero-order valence-electron chi connectivity index (χ0n) is 14.0. The number of carbonyl (C=O) groups is 1. The van der Waals surface area contributed by atoms with E-state index in [9.17, 15) is 9.00 Å². The smallest absolute Gasteiger partial charge is 0.235 e. The fraction of sp³-hybridized carbons (Fsp3) is 0.611. The minimum absolute atomic E-state index is 0.0934. The normalized spacial score (nSPS) is 18.2. The third-order valence-electron chi connectivity index (χ3n) is 4.29. The molecule has 2 atom stereocenters. The maximum Gasteiger partial charge on any atom is 0.235 e. The van der Waals surface area contributed by atoms with E-state index in [1.54, 1.807) is 6.92 Å². The molecule has 2 rings (SSSR count). The van der Waals surface area contributed by atoms with Crippen molar-refractivity contribution in [2.24, 2.45) is 0 Å². The molecule has 1 aliphatic carbocycles. The van der Waals surface area contributed by atoms with E-state index in [-0.39, 0.29) is 11.9 Å². The average Bonchev–Trinajstić information content (AvgIpc) is 2.57. The van der Waals surface area contributed by atoms with Crippen molar-refractivity contribution in [3.63, 3.8) is 0 Å². The largest absolute Gasteiger partial charge is 0.494 e. The van der Waals surface area contributed by atoms with Gasteiger partial charge in [-0.2, -0.15) is 0 Å². The molecule has 23 heavy (non-hydrogen) atoms. The van der Waals surface area contributed by atoms with Gasteiger partial charge in [0, 0.05) is 22.4 Å². The molecule has 1 aliphatic rings. The Hall–Kier alpha value is -1.36. The molecule has 128 valence electrons. The Morgan fingerprint density at radius 1 is 1.30 bits per heavy atom. The molecule has 1 aromatic carbocycles. The van der Waals surface area contributed by atoms with Gasteiger partial charge in [-0.3, -0.25) is 9.00 Å². The summed E-state index contributed by atoms with van der Waals surface area (Å²) in [6, 6.07) is 7.85. The van der Waals surface area contributed by atoms with Gasteiger partial charge in [-0.15, -0.1) is 0 Å². The highest BCUT2D eigenvalue weighted by molar-refractivity contribution is 7.85. The Morgan fingerprint density at radius 3 is 2.70 bits per heavy atom. The van der Waals surface area contributed by atoms with Gasteiger partial charge in [-0.05, 0) is 32.8 Å². The van der Waals surface area contributed by atoms with Gasteiger partial charge in [0.1, 0.15) is 11.0 Å². The van der Waals surface area contributed by atoms with Crippen LogP contribution in [0.3, 0.4) is 0 Å². The predicted octanol–water partition coefficient (Wildman–Crippen LogP) is 3.17. The zero-order valence-corrected chi connectivity index (χ0v) is 14.9. The second-order valence-electron chi connectivity index (χ2n) is 6.05. The molecule has 0 radical (unpaired) electrons. The summed E-state index contributed by atoms with van der Waals surface area (Å²) in [7, 11) is -1.26. The molecular weight excluding hydrogens is 310 g/mol. The van der Waals surface area contributed by atoms with Gasteiger partial charge in [0.25, 0.3) is 0 Å². The third-order valence-corrected chi connectivity index (χ3v) is 5.88. The second-order valence-corrected chi connectivity index (χ2v) is 7.81. The van der Waals surface area contributed by atoms with Gasteiger partial charge >= 0.3 is 0 Å². The number of para-hydroxylation sites is 1. The summed E-state index contributed by atoms with van der Waals surface area (Å²) in [6.45, 7) is 4.24. The Morgan fingerprint density at radius 2 is 2.00 bits per heavy atom. The Labute approximate surface area is 141 Å². The maximum atomic E-state index is 12.5. The van der Waals surface area contributed by atoms with Crippen molar-refractivity contribution in [2.45, 2.75) is 63.0 Å². The number of hydrogen-bond donors (Lipinski definition) is 1. The van der Waals surface area contributed by atoms with Crippen LogP contribution in [0.2, 0.25) is 0 Å². The van der Waals surface area contributed by atoms with Gasteiger partial charge in [0.05, 0.1) is 12.4 Å². The summed E-state index contributed by atoms with van der Waals surface area (Å²) >= 11 is 0. The second kappa shape index (κ2) is 9.06. The monoisotopic (exact) mass is 337 g/mol. The Kier molecular flexibility index (Phi) is 7.09. The first-order valence-corrected chi connectivity index (χ1v) is 9.88. The van der Waals surface area contributed by atoms with Crippen LogP contribution in [-0.4, -0.2) is 28.0 Å². The number of amides is 1. The van der Waals surface area contributed by atoms with E-state index >= 15 is 0 Å². The van der Waals surface area contributed by atoms with Crippen LogP contribution in [0.1, 0.15) is 51.5 Å². The molecule has 0 aliphatic heterocycles. The highest BCUT2D eigenvalue weighted by Gasteiger charge is 2.24. The zero-order chi connectivity index (χ0) is 16.7. The number of ether oxygens (including phenoxy) is 1. The topological polar surface area (TPSA) is 55.4 Å². The fourth-order valence-electron chi connectivity index (χ4n) is 2.88. The van der Waals surface area contributed by atoms with Crippen LogP contribution in [0.4, 0.5) is 0 Å². The van der Waals surface area contributed by atoms with E-state index in [1.807, 2.05) is 31.2 Å². The summed E-state index contributed by atoms with van der Waals surface area (Å²) in [5.74, 6) is 1.00. The van der Waals surface area contributed by atoms with Crippen molar-refractivity contribution < 1.29 is 13.7 Å². The molecule has 1 fully saturated rings. The maximum absolute atomic E-state index is 12.5. The minimum atomic E-state index is -1.26. The summed E-state index contributed by atoms with van der Waals surface area (Å²) in [6.07, 6.45) is 5.67. The Balaban J connectivity index is 1.92. The summed E-state index contributed by atoms with van der Waals surface area (Å²) in [4.78, 5) is 12.3. The van der Waals surface area contributed by atoms with E-state index in [1.165, 1.54) is 19.3 Å². The molecule has 1 aromatic rings. The van der Waals surface area contributed by atoms with E-state index in [0.717, 1.165) is 24.2 Å². The molecule has 1 saturated carbocycles. The van der Waals surface area contributed by atoms with Gasteiger partial charge in [0.2, 0.25) is 5.91 Å². The lowest BCUT2D eigenvalue weighted by molar-refractivity contribution is -0.121. The molecule has 4 nitrogen and oxygen atoms in total. The number of nitrogens with one attached hydrogen (secondary N) is 1. The molecule has 0 heterocycles. The van der Waals surface area contributed by atoms with Crippen molar-refractivity contribution in [1.29, 1.82) is 0 Å². The first kappa shape index (κ1) is 18.0. The van der Waals surface area contributed by atoms with Gasteiger partial charge in [-0.1, -0.05) is 37.5 Å². The number of benzene rings is 1. The molecule has 0 spiro atoms. The molecule has 1 amide bonds. The predicted molar refractivity (Wildman–Crippen MR) is 93.9 cm³/mol. The minimum Gasteiger partial charge on any atom is -0.494 e. The van der Waals surface area contributed by atoms with Crippen LogP contribution < -0.4 is 10.1 Å². The summed E-state index contributed by atoms with van der Waals surface area (Å²) in [5, 5.41) is 2.55. The third kappa shape index (κ3) is 5.34. The molecule has 0 aromatic heterocycles. The van der Waals surface area contributed by atoms with E-state index in [0.29, 0.717) is 12.4 Å². The highest BCUT2D eigenvalue weighted by Crippen LogP contribution is 2.21. The molecule has 5 heteroatoms. The van der Waals surface area contributed by atoms with Crippen LogP contribution in [0, 0.1) is 0 Å². The lowest BCUT2D eigenvalue weighted by atomic mass is 9.95. The van der Waals surface area contributed by atoms with Crippen LogP contribution in [0.5, 0.6) is 5.75 Å². The van der Waals surface area contributed by atoms with E-state index in [4.69, 9.17) is 4.74 Å². The molecular formula is C18H27NO3S. The van der Waals surface area contributed by atoms with E-state index in [2.05, 4.69) is 5.32 Å². The average molecular weight is 337 g/mol. The van der Waals surface area contributed by atoms with Crippen molar-refractivity contribution in [3.8, 4) is 5.75 Å². The van der Waals surface area contributed by atoms with Crippen LogP contribution in [-0.2, 0) is 21.3 Å². The standard InChI is InChI=1S/C18H27NO3S/c1-3-22-17-12-8-7-9-15(17)13-23(21)14(2)18(20)19-16-10-5-4-6-11-16/h7-9,12,14,16H,3-6,10-11,13H2,1-2H3,(H,19,20)/t14-,23+/m1/s1. The molecule has 0 saturated heterocycles. The summed E-state index contributed by atoms with van der Waals surface area (Å²) in [5.41, 5.74) is 0.894. The number of rotatable bonds is 7. The van der Waals surface area contributed by atoms with Crippen molar-refractivity contribution in [3.05, 3.63) is 29.8 Å². The van der Waals surface area contributed by atoms with Crippen LogP contribution >= 0.6 is 0 Å². The highest BCUT2D eigenvalue weighted by atomic mass is 32.2. The lowest BCUT2D eigenvalue weighted by Gasteiger charge is -2.24. The Bertz CT molecular complexity index is 541. The molecule has 0 unspecified atom stereocenters. The van der Waals surface area contributed by atoms with E-state index < -0.39 is 16.0 Å². The molecule has 1 N–H and O–H groups in total. The summed E-state index contributed by atoms with van der Waals surface area (Å²) < 4.78 is 18.1. The van der Waals surface area contributed by atoms with Crippen molar-refractivity contribution in [2.75, 3.05) is 6.61 Å². The fourth-order valence-corrected chi connectivity index (χ4v) is 3.98. The first-order valence-electron chi connectivity index (χ1n) is 8.50. The SMILES string of the molecule is CCOc1ccccc1C[S@](=O)[C@H](C)C(=O)NC1CCCCC1. The lowest BCUT2D eigenvalue weighted by Crippen LogP contribution is -2.42. The quantitative estimate of drug-likeness (QED) is 0.831. The first-order chi connectivity index (χ1) is 11.1. The number of hydrogen-bond acceptors (Lipinski definition) is 3. The van der Waals surface area contributed by atoms with Crippen molar-refractivity contribution >= 4 is 16.7 Å². The van der Waals surface area contributed by atoms with Gasteiger partial charge < -0.3 is 10.1 Å².